The Balaban J connectivity index is 1.10. The lowest BCUT2D eigenvalue weighted by atomic mass is 9.81. The van der Waals surface area contributed by atoms with Crippen molar-refractivity contribution in [2.45, 2.75) is 71.8 Å². The predicted octanol–water partition coefficient (Wildman–Crippen LogP) is 6.71. The van der Waals surface area contributed by atoms with Gasteiger partial charge >= 0.3 is 6.09 Å². The van der Waals surface area contributed by atoms with E-state index in [1.165, 1.54) is 18.3 Å². The number of rotatable bonds is 9. The molecule has 0 radical (unpaired) electrons. The van der Waals surface area contributed by atoms with E-state index in [1.807, 2.05) is 49.9 Å². The Morgan fingerprint density at radius 2 is 1.90 bits per heavy atom. The Bertz CT molecular complexity index is 1710. The summed E-state index contributed by atoms with van der Waals surface area (Å²) in [6.45, 7) is 8.10. The molecule has 258 valence electrons. The van der Waals surface area contributed by atoms with Crippen LogP contribution in [0.2, 0.25) is 5.02 Å². The van der Waals surface area contributed by atoms with Crippen LogP contribution in [0.1, 0.15) is 69.6 Å². The van der Waals surface area contributed by atoms with E-state index < -0.39 is 18.2 Å². The number of ether oxygens (including phenoxy) is 2. The van der Waals surface area contributed by atoms with Crippen molar-refractivity contribution in [3.8, 4) is 17.3 Å². The predicted molar refractivity (Wildman–Crippen MR) is 182 cm³/mol. The lowest BCUT2D eigenvalue weighted by Gasteiger charge is -2.31. The van der Waals surface area contributed by atoms with Crippen LogP contribution in [0.25, 0.3) is 16.8 Å². The first-order chi connectivity index (χ1) is 23.5. The molecule has 1 atom stereocenters. The van der Waals surface area contributed by atoms with E-state index in [2.05, 4.69) is 20.8 Å². The fourth-order valence-electron chi connectivity index (χ4n) is 5.63. The Morgan fingerprint density at radius 1 is 1.14 bits per heavy atom. The maximum absolute atomic E-state index is 14.2. The second-order valence-corrected chi connectivity index (χ2v) is 13.4. The van der Waals surface area contributed by atoms with Gasteiger partial charge in [-0.1, -0.05) is 62.7 Å². The number of allylic oxidation sites excluding steroid dienone is 1. The number of hydroxylamine groups is 1. The largest absolute Gasteiger partial charge is 0.446 e. The molecule has 1 unspecified atom stereocenters. The number of carbonyl (C=O) groups excluding carboxylic acids is 2. The molecule has 3 aromatic rings. The molecule has 2 N–H and O–H groups in total. The Labute approximate surface area is 290 Å². The van der Waals surface area contributed by atoms with Crippen molar-refractivity contribution in [2.24, 2.45) is 5.41 Å². The first-order valence-electron chi connectivity index (χ1n) is 16.3. The van der Waals surface area contributed by atoms with Crippen molar-refractivity contribution >= 4 is 35.1 Å². The lowest BCUT2D eigenvalue weighted by molar-refractivity contribution is -0.198. The van der Waals surface area contributed by atoms with E-state index in [4.69, 9.17) is 31.2 Å². The van der Waals surface area contributed by atoms with Crippen molar-refractivity contribution in [1.29, 1.82) is 5.26 Å². The van der Waals surface area contributed by atoms with Crippen LogP contribution in [-0.4, -0.2) is 54.1 Å². The summed E-state index contributed by atoms with van der Waals surface area (Å²) in [5.74, 6) is -0.573. The topological polar surface area (TPSA) is 139 Å². The third kappa shape index (κ3) is 9.75. The molecule has 49 heavy (non-hydrogen) atoms. The zero-order valence-electron chi connectivity index (χ0n) is 27.8. The first kappa shape index (κ1) is 35.7. The van der Waals surface area contributed by atoms with Crippen molar-refractivity contribution in [1.82, 2.24) is 20.8 Å². The molecule has 2 saturated heterocycles. The minimum Gasteiger partial charge on any atom is -0.446 e. The van der Waals surface area contributed by atoms with Gasteiger partial charge in [0.2, 0.25) is 5.95 Å². The van der Waals surface area contributed by atoms with Crippen LogP contribution in [0.4, 0.5) is 15.1 Å². The van der Waals surface area contributed by atoms with Gasteiger partial charge in [-0.3, -0.25) is 4.79 Å². The quantitative estimate of drug-likeness (QED) is 0.185. The maximum atomic E-state index is 14.2. The van der Waals surface area contributed by atoms with Crippen LogP contribution in [0, 0.1) is 22.6 Å². The number of piperidine rings is 1. The van der Waals surface area contributed by atoms with Crippen LogP contribution < -0.4 is 15.7 Å². The lowest BCUT2D eigenvalue weighted by Crippen LogP contribution is -2.40. The number of amides is 2. The van der Waals surface area contributed by atoms with Gasteiger partial charge in [-0.15, -0.1) is 0 Å². The zero-order chi connectivity index (χ0) is 35.0. The molecule has 0 spiro atoms. The van der Waals surface area contributed by atoms with E-state index in [-0.39, 0.29) is 34.6 Å². The van der Waals surface area contributed by atoms with Crippen molar-refractivity contribution in [2.75, 3.05) is 24.6 Å². The van der Waals surface area contributed by atoms with Crippen LogP contribution in [-0.2, 0) is 25.7 Å². The number of halogens is 2. The molecule has 5 rings (SSSR count). The molecular formula is C36H40ClFN6O5. The minimum absolute atomic E-state index is 0.0596. The highest BCUT2D eigenvalue weighted by molar-refractivity contribution is 6.32. The van der Waals surface area contributed by atoms with Crippen LogP contribution >= 0.6 is 11.6 Å². The van der Waals surface area contributed by atoms with Crippen molar-refractivity contribution in [3.63, 3.8) is 0 Å². The number of anilines is 1. The van der Waals surface area contributed by atoms with E-state index in [1.54, 1.807) is 18.2 Å². The standard InChI is InChI=1S/C36H40ClFN6O5/c1-36(2,3)28(19-31(45)43-49-32-6-4-5-17-47-32)24-9-7-23(8-10-24)21-41-35(46)48-27-13-15-44(16-14-27)34-40-22-29(37)33(42-34)25-11-12-26(20-39)30(38)18-25/h7-12,18-19,22,27,32H,4-6,13-17,21H2,1-3H3,(H,41,46)(H,43,45)/b28-19-. The second kappa shape index (κ2) is 16.2. The fourth-order valence-corrected chi connectivity index (χ4v) is 5.83. The summed E-state index contributed by atoms with van der Waals surface area (Å²) in [6.07, 6.45) is 5.68. The summed E-state index contributed by atoms with van der Waals surface area (Å²) in [7, 11) is 0. The van der Waals surface area contributed by atoms with Gasteiger partial charge in [0.25, 0.3) is 5.91 Å². The fraction of sp³-hybridized carbons (Fsp3) is 0.417. The summed E-state index contributed by atoms with van der Waals surface area (Å²) < 4.78 is 25.4. The molecule has 0 aliphatic carbocycles. The molecule has 1 aromatic heterocycles. The van der Waals surface area contributed by atoms with Gasteiger partial charge in [0, 0.05) is 57.1 Å². The molecule has 2 amide bonds. The van der Waals surface area contributed by atoms with Gasteiger partial charge < -0.3 is 19.7 Å². The number of hydrogen-bond acceptors (Lipinski definition) is 9. The molecule has 2 aromatic carbocycles. The van der Waals surface area contributed by atoms with Gasteiger partial charge in [-0.2, -0.15) is 5.26 Å². The number of nitrogens with zero attached hydrogens (tertiary/aromatic N) is 4. The Kier molecular flexibility index (Phi) is 11.8. The number of benzene rings is 2. The van der Waals surface area contributed by atoms with E-state index in [0.29, 0.717) is 49.7 Å². The number of aromatic nitrogens is 2. The van der Waals surface area contributed by atoms with Gasteiger partial charge in [0.05, 0.1) is 22.5 Å². The number of carbonyl (C=O) groups is 2. The summed E-state index contributed by atoms with van der Waals surface area (Å²) in [5, 5.41) is 12.1. The number of alkyl carbamates (subject to hydrolysis) is 1. The normalized spacial score (nSPS) is 17.3. The number of nitriles is 1. The third-order valence-electron chi connectivity index (χ3n) is 8.31. The molecule has 2 aliphatic rings. The van der Waals surface area contributed by atoms with Crippen LogP contribution in [0.3, 0.4) is 0 Å². The highest BCUT2D eigenvalue weighted by Gasteiger charge is 2.25. The van der Waals surface area contributed by atoms with Gasteiger partial charge in [0.1, 0.15) is 18.0 Å². The van der Waals surface area contributed by atoms with E-state index >= 15 is 0 Å². The van der Waals surface area contributed by atoms with Crippen LogP contribution in [0.5, 0.6) is 0 Å². The molecule has 0 saturated carbocycles. The van der Waals surface area contributed by atoms with Crippen LogP contribution in [0.15, 0.2) is 54.7 Å². The van der Waals surface area contributed by atoms with Crippen molar-refractivity contribution < 1.29 is 28.3 Å². The Morgan fingerprint density at radius 3 is 2.55 bits per heavy atom. The summed E-state index contributed by atoms with van der Waals surface area (Å²) in [4.78, 5) is 41.6. The number of nitrogens with one attached hydrogen (secondary N) is 2. The molecule has 0 bridgehead atoms. The zero-order valence-corrected chi connectivity index (χ0v) is 28.6. The smallest absolute Gasteiger partial charge is 0.407 e. The average Bonchev–Trinajstić information content (AvgIpc) is 3.09. The Hall–Kier alpha value is -4.57. The van der Waals surface area contributed by atoms with Gasteiger partial charge in [-0.05, 0) is 47.1 Å². The highest BCUT2D eigenvalue weighted by atomic mass is 35.5. The molecular weight excluding hydrogens is 651 g/mol. The van der Waals surface area contributed by atoms with E-state index in [0.717, 1.165) is 36.0 Å². The second-order valence-electron chi connectivity index (χ2n) is 13.0. The first-order valence-corrected chi connectivity index (χ1v) is 16.7. The maximum Gasteiger partial charge on any atom is 0.407 e. The third-order valence-corrected chi connectivity index (χ3v) is 8.58. The summed E-state index contributed by atoms with van der Waals surface area (Å²) in [6, 6.07) is 13.7. The van der Waals surface area contributed by atoms with Gasteiger partial charge in [0.15, 0.2) is 6.29 Å². The monoisotopic (exact) mass is 690 g/mol. The average molecular weight is 691 g/mol. The minimum atomic E-state index is -0.648. The molecule has 11 nitrogen and oxygen atoms in total. The number of hydrogen-bond donors (Lipinski definition) is 2. The molecule has 2 aliphatic heterocycles. The molecule has 3 heterocycles. The van der Waals surface area contributed by atoms with E-state index in [9.17, 15) is 14.0 Å². The summed E-state index contributed by atoms with van der Waals surface area (Å²) >= 11 is 6.32. The molecule has 13 heteroatoms. The summed E-state index contributed by atoms with van der Waals surface area (Å²) in [5.41, 5.74) is 5.53. The molecule has 2 fully saturated rings. The van der Waals surface area contributed by atoms with Crippen molar-refractivity contribution in [3.05, 3.63) is 82.3 Å². The highest BCUT2D eigenvalue weighted by Crippen LogP contribution is 2.34. The van der Waals surface area contributed by atoms with Gasteiger partial charge in [-0.25, -0.2) is 29.5 Å². The SMILES string of the molecule is CC(C)(C)/C(=C\C(=O)NOC1CCCCO1)c1ccc(CNC(=O)OC2CCN(c3ncc(Cl)c(-c4ccc(C#N)c(F)c4)n3)CC2)cc1.